The quantitative estimate of drug-likeness (QED) is 0.258. The van der Waals surface area contributed by atoms with Gasteiger partial charge in [-0.1, -0.05) is 49.3 Å². The fourth-order valence-electron chi connectivity index (χ4n) is 9.73. The average Bonchev–Trinajstić information content (AvgIpc) is 4.00. The molecule has 3 saturated heterocycles. The smallest absolute Gasteiger partial charge is 0.408 e. The van der Waals surface area contributed by atoms with E-state index in [1.807, 2.05) is 32.1 Å². The van der Waals surface area contributed by atoms with Crippen LogP contribution < -0.4 is 20.1 Å². The largest absolute Gasteiger partial charge is 0.491 e. The van der Waals surface area contributed by atoms with Crippen molar-refractivity contribution < 1.29 is 43.2 Å². The maximum Gasteiger partial charge on any atom is 0.408 e. The number of amides is 3. The molecule has 0 bridgehead atoms. The molecule has 3 amide bonds. The van der Waals surface area contributed by atoms with E-state index in [-0.39, 0.29) is 25.0 Å². The number of fused-ring (bicyclic) bond motifs is 4. The summed E-state index contributed by atoms with van der Waals surface area (Å²) in [6, 6.07) is 3.53. The molecule has 3 aliphatic heterocycles. The number of hydrogen-bond donors (Lipinski definition) is 3. The average molecular weight is 836 g/mol. The SMILES string of the molecule is CC(C)=Cc1cc(O[C@@H]2C[C@H]3C(=O)N[C@]4(C(=O)O)C[C@H]4CCCCCCC[C@H](NC(=O)OC4C[C@@H]5C[C@@H]5C4)C(=O)N3C2)c2ccc(OCCN3CCOCC3)c(Cl)c2n1. The van der Waals surface area contributed by atoms with Crippen LogP contribution in [-0.2, 0) is 23.9 Å². The van der Waals surface area contributed by atoms with E-state index in [4.69, 9.17) is 35.5 Å². The summed E-state index contributed by atoms with van der Waals surface area (Å²) in [6.07, 6.45) is 9.21. The zero-order valence-electron chi connectivity index (χ0n) is 34.2. The number of alkyl carbamates (subject to hydrolysis) is 1. The fraction of sp³-hybridized carbons (Fsp3) is 0.659. The summed E-state index contributed by atoms with van der Waals surface area (Å²) in [6.45, 7) is 8.25. The van der Waals surface area contributed by atoms with Crippen molar-refractivity contribution >= 4 is 52.5 Å². The number of hydrogen-bond acceptors (Lipinski definition) is 10. The third-order valence-corrected chi connectivity index (χ3v) is 13.5. The summed E-state index contributed by atoms with van der Waals surface area (Å²) < 4.78 is 24.2. The number of nitrogens with one attached hydrogen (secondary N) is 2. The van der Waals surface area contributed by atoms with Gasteiger partial charge in [0.05, 0.1) is 31.0 Å². The van der Waals surface area contributed by atoms with Gasteiger partial charge >= 0.3 is 12.1 Å². The number of benzene rings is 1. The molecule has 4 heterocycles. The number of carboxylic acids is 1. The van der Waals surface area contributed by atoms with E-state index >= 15 is 0 Å². The molecule has 0 spiro atoms. The highest BCUT2D eigenvalue weighted by Gasteiger charge is 2.62. The van der Waals surface area contributed by atoms with Crippen molar-refractivity contribution in [2.24, 2.45) is 17.8 Å². The predicted molar refractivity (Wildman–Crippen MR) is 220 cm³/mol. The van der Waals surface area contributed by atoms with Gasteiger partial charge in [0, 0.05) is 37.5 Å². The Morgan fingerprint density at radius 3 is 2.51 bits per heavy atom. The van der Waals surface area contributed by atoms with Gasteiger partial charge in [-0.3, -0.25) is 14.5 Å². The molecule has 1 aromatic heterocycles. The molecule has 14 nitrogen and oxygen atoms in total. The van der Waals surface area contributed by atoms with E-state index in [1.165, 1.54) is 11.3 Å². The Labute approximate surface area is 350 Å². The van der Waals surface area contributed by atoms with Crippen LogP contribution >= 0.6 is 11.6 Å². The van der Waals surface area contributed by atoms with Gasteiger partial charge in [0.25, 0.3) is 0 Å². The van der Waals surface area contributed by atoms with Crippen LogP contribution in [0.2, 0.25) is 5.02 Å². The van der Waals surface area contributed by atoms with Gasteiger partial charge in [-0.2, -0.15) is 0 Å². The second kappa shape index (κ2) is 17.8. The summed E-state index contributed by atoms with van der Waals surface area (Å²) in [5, 5.41) is 17.1. The summed E-state index contributed by atoms with van der Waals surface area (Å²) in [7, 11) is 0. The van der Waals surface area contributed by atoms with Gasteiger partial charge in [0.15, 0.2) is 0 Å². The molecular formula is C44H58ClN5O9. The monoisotopic (exact) mass is 835 g/mol. The van der Waals surface area contributed by atoms with Gasteiger partial charge < -0.3 is 39.6 Å². The third-order valence-electron chi connectivity index (χ3n) is 13.2. The number of halogens is 1. The number of allylic oxidation sites excluding steroid dienone is 1. The van der Waals surface area contributed by atoms with E-state index in [2.05, 4.69) is 15.5 Å². The molecule has 59 heavy (non-hydrogen) atoms. The molecule has 8 rings (SSSR count). The Kier molecular flexibility index (Phi) is 12.6. The standard InChI is InChI=1S/C44H58ClN5O9/c1-26(2)18-30-22-37(33-10-11-36(38(45)39(33)46-30)57-17-14-49-12-15-56-16-13-49)58-32-23-35-40(51)48-44(42(53)54)24-29(44)8-6-4-3-5-7-9-34(41(52)50(35)25-32)47-43(55)59-31-20-27-19-28(27)21-31/h10-11,18,22,27-29,31-32,34-35H,3-9,12-17,19-21,23-25H2,1-2H3,(H,47,55)(H,48,51)(H,53,54)/t27-,28+,29-,31?,32-,34+,35+,44-/m1/s1. The maximum absolute atomic E-state index is 14.6. The number of carbonyl (C=O) groups excluding carboxylic acids is 3. The van der Waals surface area contributed by atoms with Crippen molar-refractivity contribution in [3.8, 4) is 11.5 Å². The first-order chi connectivity index (χ1) is 28.5. The second-order valence-electron chi connectivity index (χ2n) is 17.8. The van der Waals surface area contributed by atoms with Gasteiger partial charge in [-0.25, -0.2) is 14.6 Å². The molecular weight excluding hydrogens is 778 g/mol. The molecule has 2 aromatic rings. The zero-order chi connectivity index (χ0) is 41.3. The van der Waals surface area contributed by atoms with E-state index in [0.29, 0.717) is 90.5 Å². The van der Waals surface area contributed by atoms with Crippen molar-refractivity contribution in [2.45, 2.75) is 121 Å². The molecule has 0 radical (unpaired) electrons. The fourth-order valence-corrected chi connectivity index (χ4v) is 9.99. The van der Waals surface area contributed by atoms with Crippen LogP contribution in [-0.4, -0.2) is 120 Å². The van der Waals surface area contributed by atoms with Crippen molar-refractivity contribution in [3.05, 3.63) is 34.5 Å². The first kappa shape index (κ1) is 41.6. The third kappa shape index (κ3) is 9.60. The van der Waals surface area contributed by atoms with Crippen molar-refractivity contribution in [1.29, 1.82) is 0 Å². The van der Waals surface area contributed by atoms with Crippen LogP contribution in [0, 0.1) is 17.8 Å². The lowest BCUT2D eigenvalue weighted by Crippen LogP contribution is -2.56. The van der Waals surface area contributed by atoms with E-state index < -0.39 is 47.6 Å². The minimum absolute atomic E-state index is 0.0396. The Morgan fingerprint density at radius 1 is 1.02 bits per heavy atom. The van der Waals surface area contributed by atoms with E-state index in [9.17, 15) is 24.3 Å². The number of carboxylic acid groups (broad SMARTS) is 1. The molecule has 1 unspecified atom stereocenters. The van der Waals surface area contributed by atoms with Gasteiger partial charge in [0.2, 0.25) is 11.8 Å². The molecule has 3 saturated carbocycles. The lowest BCUT2D eigenvalue weighted by atomic mass is 10.0. The first-order valence-electron chi connectivity index (χ1n) is 21.7. The van der Waals surface area contributed by atoms with Crippen LogP contribution in [0.5, 0.6) is 11.5 Å². The van der Waals surface area contributed by atoms with Crippen LogP contribution in [0.15, 0.2) is 23.8 Å². The Hall–Kier alpha value is -4.14. The van der Waals surface area contributed by atoms with Crippen LogP contribution in [0.1, 0.15) is 96.6 Å². The molecule has 8 atom stereocenters. The lowest BCUT2D eigenvalue weighted by Gasteiger charge is -2.29. The predicted octanol–water partition coefficient (Wildman–Crippen LogP) is 5.97. The minimum Gasteiger partial charge on any atom is -0.491 e. The van der Waals surface area contributed by atoms with Crippen molar-refractivity contribution in [1.82, 2.24) is 25.4 Å². The molecule has 3 aliphatic carbocycles. The minimum atomic E-state index is -1.37. The van der Waals surface area contributed by atoms with E-state index in [0.717, 1.165) is 63.7 Å². The van der Waals surface area contributed by atoms with Crippen LogP contribution in [0.25, 0.3) is 17.0 Å². The Balaban J connectivity index is 1.05. The highest BCUT2D eigenvalue weighted by Crippen LogP contribution is 2.52. The zero-order valence-corrected chi connectivity index (χ0v) is 35.0. The Bertz CT molecular complexity index is 1940. The number of rotatable bonds is 10. The number of ether oxygens (including phenoxy) is 4. The Morgan fingerprint density at radius 2 is 1.76 bits per heavy atom. The highest BCUT2D eigenvalue weighted by molar-refractivity contribution is 6.36. The molecule has 15 heteroatoms. The number of aromatic nitrogens is 1. The van der Waals surface area contributed by atoms with E-state index in [1.54, 1.807) is 6.07 Å². The summed E-state index contributed by atoms with van der Waals surface area (Å²) in [4.78, 5) is 63.5. The lowest BCUT2D eigenvalue weighted by molar-refractivity contribution is -0.146. The number of aliphatic carboxylic acids is 1. The highest BCUT2D eigenvalue weighted by atomic mass is 35.5. The van der Waals surface area contributed by atoms with Crippen LogP contribution in [0.3, 0.4) is 0 Å². The topological polar surface area (TPSA) is 169 Å². The van der Waals surface area contributed by atoms with Crippen molar-refractivity contribution in [3.63, 3.8) is 0 Å². The number of carbonyl (C=O) groups is 4. The second-order valence-corrected chi connectivity index (χ2v) is 18.2. The van der Waals surface area contributed by atoms with Gasteiger partial charge in [-0.05, 0) is 88.3 Å². The summed E-state index contributed by atoms with van der Waals surface area (Å²) in [5.41, 5.74) is 0.756. The molecule has 1 aromatic carbocycles. The molecule has 3 N–H and O–H groups in total. The van der Waals surface area contributed by atoms with Crippen LogP contribution in [0.4, 0.5) is 4.79 Å². The number of morpholine rings is 1. The number of pyridine rings is 1. The molecule has 6 aliphatic rings. The summed E-state index contributed by atoms with van der Waals surface area (Å²) >= 11 is 7.01. The molecule has 320 valence electrons. The van der Waals surface area contributed by atoms with Gasteiger partial charge in [0.1, 0.15) is 53.0 Å². The first-order valence-corrected chi connectivity index (χ1v) is 22.1. The van der Waals surface area contributed by atoms with Crippen molar-refractivity contribution in [2.75, 3.05) is 46.0 Å². The number of nitrogens with zero attached hydrogens (tertiary/aromatic N) is 3. The van der Waals surface area contributed by atoms with Gasteiger partial charge in [-0.15, -0.1) is 0 Å². The molecule has 6 fully saturated rings. The summed E-state index contributed by atoms with van der Waals surface area (Å²) in [5.74, 6) is 0.0362. The normalized spacial score (nSPS) is 31.1. The maximum atomic E-state index is 14.6.